The Hall–Kier alpha value is -2.81. The van der Waals surface area contributed by atoms with Crippen molar-refractivity contribution in [2.24, 2.45) is 0 Å². The summed E-state index contributed by atoms with van der Waals surface area (Å²) in [6, 6.07) is 5.91. The van der Waals surface area contributed by atoms with Gasteiger partial charge in [0.15, 0.2) is 5.13 Å². The van der Waals surface area contributed by atoms with Crippen LogP contribution in [0.15, 0.2) is 30.6 Å². The number of aromatic nitrogens is 3. The number of aryl methyl sites for hydroxylation is 2. The summed E-state index contributed by atoms with van der Waals surface area (Å²) in [5, 5.41) is 17.7. The van der Waals surface area contributed by atoms with E-state index in [4.69, 9.17) is 0 Å². The van der Waals surface area contributed by atoms with Crippen LogP contribution in [0.1, 0.15) is 12.0 Å². The monoisotopic (exact) mass is 331 g/mol. The van der Waals surface area contributed by atoms with Gasteiger partial charge < -0.3 is 5.32 Å². The van der Waals surface area contributed by atoms with Crippen LogP contribution >= 0.6 is 11.3 Å². The van der Waals surface area contributed by atoms with E-state index < -0.39 is 4.92 Å². The van der Waals surface area contributed by atoms with Crippen LogP contribution in [-0.2, 0) is 11.3 Å². The lowest BCUT2D eigenvalue weighted by atomic mass is 10.2. The highest BCUT2D eigenvalue weighted by atomic mass is 32.1. The van der Waals surface area contributed by atoms with Gasteiger partial charge in [0.2, 0.25) is 5.91 Å². The zero-order chi connectivity index (χ0) is 16.4. The molecule has 3 rings (SSSR count). The third-order valence-corrected chi connectivity index (χ3v) is 4.12. The molecule has 2 heterocycles. The van der Waals surface area contributed by atoms with Crippen LogP contribution in [0.3, 0.4) is 0 Å². The molecular formula is C14H13N5O3S. The molecule has 0 atom stereocenters. The highest BCUT2D eigenvalue weighted by Crippen LogP contribution is 2.26. The number of rotatable bonds is 5. The predicted molar refractivity (Wildman–Crippen MR) is 86.5 cm³/mol. The van der Waals surface area contributed by atoms with E-state index in [1.54, 1.807) is 0 Å². The lowest BCUT2D eigenvalue weighted by Gasteiger charge is -2.01. The maximum absolute atomic E-state index is 12.0. The van der Waals surface area contributed by atoms with Crippen molar-refractivity contribution < 1.29 is 9.72 Å². The van der Waals surface area contributed by atoms with Crippen LogP contribution in [0.4, 0.5) is 10.8 Å². The van der Waals surface area contributed by atoms with Gasteiger partial charge in [-0.2, -0.15) is 5.10 Å². The number of hydrogen-bond acceptors (Lipinski definition) is 6. The van der Waals surface area contributed by atoms with Crippen molar-refractivity contribution in [2.75, 3.05) is 5.32 Å². The van der Waals surface area contributed by atoms with E-state index in [9.17, 15) is 14.9 Å². The summed E-state index contributed by atoms with van der Waals surface area (Å²) in [5.41, 5.74) is 1.89. The summed E-state index contributed by atoms with van der Waals surface area (Å²) in [4.78, 5) is 26.3. The van der Waals surface area contributed by atoms with Crippen LogP contribution in [0.2, 0.25) is 0 Å². The summed E-state index contributed by atoms with van der Waals surface area (Å²) < 4.78 is 2.39. The Morgan fingerprint density at radius 1 is 1.48 bits per heavy atom. The standard InChI is InChI=1S/C14H13N5O3S/c1-9-2-3-11-12(6-9)23-14(16-11)17-13(20)4-5-18-8-10(7-15-18)19(21)22/h2-3,6-8H,4-5H2,1H3,(H,16,17,20). The van der Waals surface area contributed by atoms with Gasteiger partial charge in [-0.3, -0.25) is 19.6 Å². The van der Waals surface area contributed by atoms with Gasteiger partial charge in [-0.15, -0.1) is 0 Å². The maximum Gasteiger partial charge on any atom is 0.306 e. The molecule has 0 aliphatic rings. The zero-order valence-electron chi connectivity index (χ0n) is 12.2. The smallest absolute Gasteiger partial charge is 0.302 e. The zero-order valence-corrected chi connectivity index (χ0v) is 13.0. The van der Waals surface area contributed by atoms with Crippen molar-refractivity contribution in [1.29, 1.82) is 0 Å². The number of carbonyl (C=O) groups is 1. The van der Waals surface area contributed by atoms with Gasteiger partial charge in [-0.1, -0.05) is 17.4 Å². The molecule has 9 heteroatoms. The van der Waals surface area contributed by atoms with E-state index in [1.165, 1.54) is 22.2 Å². The Labute approximate surface area is 134 Å². The Morgan fingerprint density at radius 2 is 2.30 bits per heavy atom. The second-order valence-electron chi connectivity index (χ2n) is 5.01. The van der Waals surface area contributed by atoms with Gasteiger partial charge in [-0.05, 0) is 24.6 Å². The molecule has 0 aliphatic carbocycles. The van der Waals surface area contributed by atoms with Crippen molar-refractivity contribution in [3.05, 3.63) is 46.3 Å². The Balaban J connectivity index is 1.60. The largest absolute Gasteiger partial charge is 0.306 e. The molecule has 8 nitrogen and oxygen atoms in total. The fourth-order valence-corrected chi connectivity index (χ4v) is 3.03. The fourth-order valence-electron chi connectivity index (χ4n) is 2.05. The van der Waals surface area contributed by atoms with Gasteiger partial charge in [0.25, 0.3) is 0 Å². The van der Waals surface area contributed by atoms with E-state index >= 15 is 0 Å². The van der Waals surface area contributed by atoms with Crippen molar-refractivity contribution in [3.63, 3.8) is 0 Å². The minimum Gasteiger partial charge on any atom is -0.302 e. The summed E-state index contributed by atoms with van der Waals surface area (Å²) in [6.07, 6.45) is 2.62. The second-order valence-corrected chi connectivity index (χ2v) is 6.04. The lowest BCUT2D eigenvalue weighted by Crippen LogP contribution is -2.14. The van der Waals surface area contributed by atoms with E-state index in [-0.39, 0.29) is 24.6 Å². The topological polar surface area (TPSA) is 103 Å². The number of nitrogens with one attached hydrogen (secondary N) is 1. The van der Waals surface area contributed by atoms with Crippen molar-refractivity contribution >= 4 is 38.3 Å². The average molecular weight is 331 g/mol. The number of hydrogen-bond donors (Lipinski definition) is 1. The molecule has 23 heavy (non-hydrogen) atoms. The molecule has 0 spiro atoms. The summed E-state index contributed by atoms with van der Waals surface area (Å²) >= 11 is 1.41. The third kappa shape index (κ3) is 3.51. The summed E-state index contributed by atoms with van der Waals surface area (Å²) in [7, 11) is 0. The molecule has 3 aromatic rings. The van der Waals surface area contributed by atoms with Crippen molar-refractivity contribution in [2.45, 2.75) is 19.9 Å². The summed E-state index contributed by atoms with van der Waals surface area (Å²) in [6.45, 7) is 2.27. The number of fused-ring (bicyclic) bond motifs is 1. The number of benzene rings is 1. The number of carbonyl (C=O) groups excluding carboxylic acids is 1. The molecular weight excluding hydrogens is 318 g/mol. The first-order chi connectivity index (χ1) is 11.0. The van der Waals surface area contributed by atoms with E-state index in [2.05, 4.69) is 15.4 Å². The Morgan fingerprint density at radius 3 is 3.04 bits per heavy atom. The number of thiazole rings is 1. The number of amides is 1. The van der Waals surface area contributed by atoms with Crippen molar-refractivity contribution in [3.8, 4) is 0 Å². The molecule has 1 aromatic carbocycles. The minimum atomic E-state index is -0.521. The molecule has 0 bridgehead atoms. The molecule has 0 unspecified atom stereocenters. The van der Waals surface area contributed by atoms with Crippen molar-refractivity contribution in [1.82, 2.24) is 14.8 Å². The number of nitro groups is 1. The van der Waals surface area contributed by atoms with Gasteiger partial charge >= 0.3 is 5.69 Å². The molecule has 0 aliphatic heterocycles. The molecule has 0 saturated heterocycles. The van der Waals surface area contributed by atoms with Gasteiger partial charge in [0, 0.05) is 13.0 Å². The third-order valence-electron chi connectivity index (χ3n) is 3.19. The highest BCUT2D eigenvalue weighted by Gasteiger charge is 2.11. The van der Waals surface area contributed by atoms with E-state index in [1.807, 2.05) is 25.1 Å². The maximum atomic E-state index is 12.0. The molecule has 0 saturated carbocycles. The minimum absolute atomic E-state index is 0.0908. The van der Waals surface area contributed by atoms with Gasteiger partial charge in [0.1, 0.15) is 12.4 Å². The first-order valence-corrected chi connectivity index (χ1v) is 7.67. The number of nitrogens with zero attached hydrogens (tertiary/aromatic N) is 4. The van der Waals surface area contributed by atoms with Crippen LogP contribution < -0.4 is 5.32 Å². The Kier molecular flexibility index (Phi) is 4.02. The molecule has 2 aromatic heterocycles. The Bertz CT molecular complexity index is 886. The SMILES string of the molecule is Cc1ccc2nc(NC(=O)CCn3cc([N+](=O)[O-])cn3)sc2c1. The van der Waals surface area contributed by atoms with Gasteiger partial charge in [-0.25, -0.2) is 4.98 Å². The van der Waals surface area contributed by atoms with E-state index in [0.717, 1.165) is 22.0 Å². The van der Waals surface area contributed by atoms with E-state index in [0.29, 0.717) is 5.13 Å². The number of anilines is 1. The molecule has 118 valence electrons. The normalized spacial score (nSPS) is 10.8. The van der Waals surface area contributed by atoms with Gasteiger partial charge in [0.05, 0.1) is 15.1 Å². The first-order valence-electron chi connectivity index (χ1n) is 6.85. The first kappa shape index (κ1) is 15.1. The lowest BCUT2D eigenvalue weighted by molar-refractivity contribution is -0.385. The predicted octanol–water partition coefficient (Wildman–Crippen LogP) is 2.74. The fraction of sp³-hybridized carbons (Fsp3) is 0.214. The van der Waals surface area contributed by atoms with Crippen LogP contribution in [0.25, 0.3) is 10.2 Å². The summed E-state index contributed by atoms with van der Waals surface area (Å²) in [5.74, 6) is -0.209. The van der Waals surface area contributed by atoms with Crippen LogP contribution in [0.5, 0.6) is 0 Å². The van der Waals surface area contributed by atoms with Crippen LogP contribution in [-0.4, -0.2) is 25.6 Å². The molecule has 0 radical (unpaired) electrons. The molecule has 1 N–H and O–H groups in total. The quantitative estimate of drug-likeness (QED) is 0.572. The molecule has 1 amide bonds. The average Bonchev–Trinajstić information content (AvgIpc) is 3.10. The second kappa shape index (κ2) is 6.13. The highest BCUT2D eigenvalue weighted by molar-refractivity contribution is 7.22. The van der Waals surface area contributed by atoms with Crippen LogP contribution in [0, 0.1) is 17.0 Å². The molecule has 0 fully saturated rings.